The highest BCUT2D eigenvalue weighted by atomic mass is 19.4. The highest BCUT2D eigenvalue weighted by Crippen LogP contribution is 2.50. The number of alkyl halides is 6. The summed E-state index contributed by atoms with van der Waals surface area (Å²) in [4.78, 5) is 0. The van der Waals surface area contributed by atoms with E-state index in [1.165, 1.54) is 0 Å². The fraction of sp³-hybridized carbons (Fsp3) is 0.600. The number of hydrogen-bond donors (Lipinski definition) is 0. The Kier molecular flexibility index (Phi) is 2.09. The van der Waals surface area contributed by atoms with Gasteiger partial charge in [-0.25, -0.2) is 0 Å². The summed E-state index contributed by atoms with van der Waals surface area (Å²) < 4.78 is 89.7. The molecule has 0 unspecified atom stereocenters. The van der Waals surface area contributed by atoms with E-state index in [4.69, 9.17) is 0 Å². The minimum atomic E-state index is -5.92. The number of ether oxygens (including phenoxy) is 2. The highest BCUT2D eigenvalue weighted by molar-refractivity contribution is 4.98. The van der Waals surface area contributed by atoms with Gasteiger partial charge in [-0.3, -0.25) is 0 Å². The smallest absolute Gasteiger partial charge is 0.439 e. The van der Waals surface area contributed by atoms with Gasteiger partial charge in [-0.1, -0.05) is 0 Å². The van der Waals surface area contributed by atoms with E-state index in [1.54, 1.807) is 0 Å². The Morgan fingerprint density at radius 3 is 1.57 bits per heavy atom. The van der Waals surface area contributed by atoms with Crippen molar-refractivity contribution in [3.8, 4) is 0 Å². The van der Waals surface area contributed by atoms with Crippen molar-refractivity contribution >= 4 is 0 Å². The second-order valence-electron chi connectivity index (χ2n) is 2.25. The van der Waals surface area contributed by atoms with Crippen molar-refractivity contribution in [3.63, 3.8) is 0 Å². The van der Waals surface area contributed by atoms with Crippen molar-refractivity contribution in [3.05, 3.63) is 12.3 Å². The number of rotatable bonds is 0. The van der Waals surface area contributed by atoms with Crippen molar-refractivity contribution in [2.24, 2.45) is 0 Å². The Labute approximate surface area is 71.9 Å². The molecule has 82 valence electrons. The van der Waals surface area contributed by atoms with E-state index < -0.39 is 24.2 Å². The normalized spacial score (nSPS) is 21.2. The molecule has 0 spiro atoms. The largest absolute Gasteiger partial charge is 0.478 e. The Morgan fingerprint density at radius 1 is 1.00 bits per heavy atom. The van der Waals surface area contributed by atoms with Crippen molar-refractivity contribution in [2.75, 3.05) is 0 Å². The fourth-order valence-corrected chi connectivity index (χ4v) is 0.725. The van der Waals surface area contributed by atoms with Crippen molar-refractivity contribution < 1.29 is 40.2 Å². The molecule has 0 aliphatic carbocycles. The van der Waals surface area contributed by atoms with Gasteiger partial charge in [0.25, 0.3) is 0 Å². The molecule has 2 nitrogen and oxygen atoms in total. The summed E-state index contributed by atoms with van der Waals surface area (Å²) >= 11 is 0. The summed E-state index contributed by atoms with van der Waals surface area (Å²) in [5, 5.41) is 0. The van der Waals surface area contributed by atoms with Crippen LogP contribution < -0.4 is 0 Å². The third-order valence-electron chi connectivity index (χ3n) is 1.31. The lowest BCUT2D eigenvalue weighted by Gasteiger charge is -2.30. The first-order valence-electron chi connectivity index (χ1n) is 2.96. The summed E-state index contributed by atoms with van der Waals surface area (Å²) in [5.74, 6) is -4.93. The van der Waals surface area contributed by atoms with Gasteiger partial charge in [-0.2, -0.15) is 30.7 Å². The zero-order valence-electron chi connectivity index (χ0n) is 6.04. The first kappa shape index (κ1) is 10.9. The van der Waals surface area contributed by atoms with Crippen LogP contribution in [0.25, 0.3) is 0 Å². The van der Waals surface area contributed by atoms with Gasteiger partial charge in [0, 0.05) is 0 Å². The van der Waals surface area contributed by atoms with E-state index in [0.717, 1.165) is 0 Å². The topological polar surface area (TPSA) is 18.5 Å². The van der Waals surface area contributed by atoms with Crippen LogP contribution in [0.4, 0.5) is 30.7 Å². The van der Waals surface area contributed by atoms with Crippen LogP contribution in [0, 0.1) is 0 Å². The fourth-order valence-electron chi connectivity index (χ4n) is 0.725. The third-order valence-corrected chi connectivity index (χ3v) is 1.31. The molecule has 1 aliphatic rings. The zero-order valence-corrected chi connectivity index (χ0v) is 6.04. The predicted octanol–water partition coefficient (Wildman–Crippen LogP) is 2.62. The molecule has 1 aliphatic heterocycles. The van der Waals surface area contributed by atoms with Crippen LogP contribution in [0.3, 0.4) is 0 Å². The molecule has 0 radical (unpaired) electrons. The molecule has 0 amide bonds. The van der Waals surface area contributed by atoms with Crippen LogP contribution in [-0.4, -0.2) is 18.1 Å². The molecular formula is C5HF7O2. The molecule has 1 rings (SSSR count). The molecule has 0 N–H and O–H groups in total. The zero-order chi connectivity index (χ0) is 11.2. The molecule has 0 fully saturated rings. The van der Waals surface area contributed by atoms with E-state index in [1.807, 2.05) is 0 Å². The van der Waals surface area contributed by atoms with Gasteiger partial charge in [-0.05, 0) is 0 Å². The van der Waals surface area contributed by atoms with Crippen molar-refractivity contribution in [1.29, 1.82) is 0 Å². The SMILES string of the molecule is FC1=COC(C(F)(F)F)(C(F)(F)F)O1. The molecule has 0 aromatic heterocycles. The van der Waals surface area contributed by atoms with Gasteiger partial charge >= 0.3 is 24.2 Å². The average Bonchev–Trinajstić information content (AvgIpc) is 2.28. The van der Waals surface area contributed by atoms with Gasteiger partial charge in [0.15, 0.2) is 6.26 Å². The van der Waals surface area contributed by atoms with E-state index in [2.05, 4.69) is 9.47 Å². The van der Waals surface area contributed by atoms with Crippen LogP contribution in [0.5, 0.6) is 0 Å². The molecule has 14 heavy (non-hydrogen) atoms. The minimum absolute atomic E-state index is 0.388. The molecule has 0 saturated carbocycles. The van der Waals surface area contributed by atoms with Crippen LogP contribution in [0.2, 0.25) is 0 Å². The second-order valence-corrected chi connectivity index (χ2v) is 2.25. The van der Waals surface area contributed by atoms with E-state index in [0.29, 0.717) is 0 Å². The molecule has 0 bridgehead atoms. The van der Waals surface area contributed by atoms with E-state index in [9.17, 15) is 30.7 Å². The third kappa shape index (κ3) is 1.36. The first-order chi connectivity index (χ1) is 6.10. The van der Waals surface area contributed by atoms with Gasteiger partial charge in [0.05, 0.1) is 0 Å². The van der Waals surface area contributed by atoms with E-state index in [-0.39, 0.29) is 6.26 Å². The summed E-state index contributed by atoms with van der Waals surface area (Å²) in [7, 11) is 0. The maximum absolute atomic E-state index is 12.0. The van der Waals surface area contributed by atoms with Crippen LogP contribution in [-0.2, 0) is 9.47 Å². The lowest BCUT2D eigenvalue weighted by molar-refractivity contribution is -0.438. The summed E-state index contributed by atoms with van der Waals surface area (Å²) in [6.45, 7) is 0. The monoisotopic (exact) mass is 226 g/mol. The van der Waals surface area contributed by atoms with E-state index >= 15 is 0 Å². The molecule has 0 atom stereocenters. The molecule has 9 heteroatoms. The van der Waals surface area contributed by atoms with Gasteiger partial charge in [0.1, 0.15) is 0 Å². The highest BCUT2D eigenvalue weighted by Gasteiger charge is 2.79. The van der Waals surface area contributed by atoms with Gasteiger partial charge in [0.2, 0.25) is 0 Å². The lowest BCUT2D eigenvalue weighted by atomic mass is 10.2. The lowest BCUT2D eigenvalue weighted by Crippen LogP contribution is -2.57. The maximum atomic E-state index is 12.0. The van der Waals surface area contributed by atoms with Crippen LogP contribution in [0.1, 0.15) is 0 Å². The summed E-state index contributed by atoms with van der Waals surface area (Å²) in [6.07, 6.45) is -12.2. The van der Waals surface area contributed by atoms with Crippen LogP contribution >= 0.6 is 0 Å². The molecule has 1 heterocycles. The molecule has 0 aromatic carbocycles. The Hall–Kier alpha value is -1.15. The summed E-state index contributed by atoms with van der Waals surface area (Å²) in [5.41, 5.74) is 0. The molecule has 0 aromatic rings. The number of hydrogen-bond acceptors (Lipinski definition) is 2. The molecular weight excluding hydrogens is 225 g/mol. The molecule has 0 saturated heterocycles. The standard InChI is InChI=1S/C5HF7O2/c6-2-1-13-3(14-2,4(7,8)9)5(10,11)12/h1H. The number of halogens is 7. The van der Waals surface area contributed by atoms with Crippen molar-refractivity contribution in [1.82, 2.24) is 0 Å². The average molecular weight is 226 g/mol. The van der Waals surface area contributed by atoms with Crippen molar-refractivity contribution in [2.45, 2.75) is 18.1 Å². The Morgan fingerprint density at radius 2 is 1.43 bits per heavy atom. The Bertz CT molecular complexity index is 248. The maximum Gasteiger partial charge on any atom is 0.478 e. The quantitative estimate of drug-likeness (QED) is 0.591. The first-order valence-corrected chi connectivity index (χ1v) is 2.96. The Balaban J connectivity index is 3.08. The second kappa shape index (κ2) is 2.67. The van der Waals surface area contributed by atoms with Crippen LogP contribution in [0.15, 0.2) is 12.3 Å². The minimum Gasteiger partial charge on any atom is -0.439 e. The van der Waals surface area contributed by atoms with Gasteiger partial charge < -0.3 is 9.47 Å². The van der Waals surface area contributed by atoms with Gasteiger partial charge in [-0.15, -0.1) is 0 Å². The predicted molar refractivity (Wildman–Crippen MR) is 26.2 cm³/mol. The summed E-state index contributed by atoms with van der Waals surface area (Å²) in [6, 6.07) is -2.08.